The molecule has 1 saturated heterocycles. The molecule has 0 radical (unpaired) electrons. The van der Waals surface area contributed by atoms with Gasteiger partial charge in [0.15, 0.2) is 0 Å². The van der Waals surface area contributed by atoms with Crippen molar-refractivity contribution in [1.29, 1.82) is 0 Å². The van der Waals surface area contributed by atoms with Crippen molar-refractivity contribution < 1.29 is 14.3 Å². The van der Waals surface area contributed by atoms with E-state index in [4.69, 9.17) is 15.3 Å². The number of carbonyl (C=O) groups is 1. The zero-order valence-electron chi connectivity index (χ0n) is 12.4. The highest BCUT2D eigenvalue weighted by Crippen LogP contribution is 2.17. The van der Waals surface area contributed by atoms with E-state index < -0.39 is 0 Å². The monoisotopic (exact) mass is 293 g/mol. The zero-order chi connectivity index (χ0) is 15.1. The molecule has 21 heavy (non-hydrogen) atoms. The summed E-state index contributed by atoms with van der Waals surface area (Å²) in [5.41, 5.74) is 2.61. The molecule has 1 unspecified atom stereocenters. The van der Waals surface area contributed by atoms with Gasteiger partial charge in [0.1, 0.15) is 12.4 Å². The number of nitrogen functional groups attached to an aromatic ring is 1. The number of nitrogens with two attached hydrogens (primary N) is 1. The number of methoxy groups -OCH3 is 1. The van der Waals surface area contributed by atoms with Crippen molar-refractivity contribution in [1.82, 2.24) is 10.3 Å². The van der Waals surface area contributed by atoms with Crippen LogP contribution in [0.1, 0.15) is 16.8 Å². The number of hydrazine groups is 1. The lowest BCUT2D eigenvalue weighted by molar-refractivity contribution is 0.0953. The number of likely N-dealkylation sites (tertiary alicyclic amines) is 1. The smallest absolute Gasteiger partial charge is 0.265 e. The summed E-state index contributed by atoms with van der Waals surface area (Å²) in [4.78, 5) is 13.8. The molecular weight excluding hydrogens is 270 g/mol. The summed E-state index contributed by atoms with van der Waals surface area (Å²) < 4.78 is 10.9. The van der Waals surface area contributed by atoms with Crippen LogP contribution in [0, 0.1) is 5.92 Å². The van der Waals surface area contributed by atoms with Crippen molar-refractivity contribution in [3.05, 3.63) is 29.8 Å². The third-order valence-corrected chi connectivity index (χ3v) is 3.68. The average Bonchev–Trinajstić information content (AvgIpc) is 2.95. The molecule has 0 spiro atoms. The normalized spacial score (nSPS) is 18.7. The summed E-state index contributed by atoms with van der Waals surface area (Å²) in [6.07, 6.45) is 1.18. The highest BCUT2D eigenvalue weighted by Gasteiger charge is 2.21. The van der Waals surface area contributed by atoms with Crippen LogP contribution in [0.4, 0.5) is 0 Å². The van der Waals surface area contributed by atoms with E-state index in [1.807, 2.05) is 6.07 Å². The van der Waals surface area contributed by atoms with Gasteiger partial charge in [-0.25, -0.2) is 5.84 Å². The van der Waals surface area contributed by atoms with E-state index in [1.54, 1.807) is 25.3 Å². The summed E-state index contributed by atoms with van der Waals surface area (Å²) in [6.45, 7) is 4.47. The molecule has 1 aliphatic rings. The molecule has 0 saturated carbocycles. The topological polar surface area (TPSA) is 76.8 Å². The van der Waals surface area contributed by atoms with Gasteiger partial charge in [-0.2, -0.15) is 0 Å². The number of ether oxygens (including phenoxy) is 2. The first-order chi connectivity index (χ1) is 10.2. The molecule has 0 bridgehead atoms. The predicted octanol–water partition coefficient (Wildman–Crippen LogP) is 0.637. The van der Waals surface area contributed by atoms with E-state index in [0.29, 0.717) is 23.8 Å². The third-order valence-electron chi connectivity index (χ3n) is 3.68. The molecule has 1 amide bonds. The summed E-state index contributed by atoms with van der Waals surface area (Å²) in [5, 5.41) is 0. The Kier molecular flexibility index (Phi) is 5.98. The second-order valence-corrected chi connectivity index (χ2v) is 5.26. The molecule has 0 aromatic heterocycles. The van der Waals surface area contributed by atoms with Crippen molar-refractivity contribution >= 4 is 5.91 Å². The minimum atomic E-state index is -0.317. The highest BCUT2D eigenvalue weighted by molar-refractivity contribution is 5.94. The SMILES string of the molecule is COCC1CCN(CCOc2cccc(C(=O)NN)c2)C1. The second-order valence-electron chi connectivity index (χ2n) is 5.26. The van der Waals surface area contributed by atoms with Gasteiger partial charge < -0.3 is 9.47 Å². The Morgan fingerprint density at radius 1 is 1.52 bits per heavy atom. The quantitative estimate of drug-likeness (QED) is 0.438. The summed E-state index contributed by atoms with van der Waals surface area (Å²) >= 11 is 0. The molecule has 1 fully saturated rings. The van der Waals surface area contributed by atoms with Crippen LogP contribution in [-0.2, 0) is 4.74 Å². The first-order valence-corrected chi connectivity index (χ1v) is 7.18. The fraction of sp³-hybridized carbons (Fsp3) is 0.533. The van der Waals surface area contributed by atoms with Crippen LogP contribution in [-0.4, -0.2) is 50.8 Å². The molecular formula is C15H23N3O3. The Hall–Kier alpha value is -1.63. The Morgan fingerprint density at radius 3 is 3.14 bits per heavy atom. The van der Waals surface area contributed by atoms with E-state index in [1.165, 1.54) is 6.42 Å². The lowest BCUT2D eigenvalue weighted by atomic mass is 10.1. The van der Waals surface area contributed by atoms with E-state index in [2.05, 4.69) is 10.3 Å². The fourth-order valence-corrected chi connectivity index (χ4v) is 2.59. The van der Waals surface area contributed by atoms with Crippen LogP contribution >= 0.6 is 0 Å². The molecule has 6 nitrogen and oxygen atoms in total. The number of nitrogens with one attached hydrogen (secondary N) is 1. The molecule has 3 N–H and O–H groups in total. The fourth-order valence-electron chi connectivity index (χ4n) is 2.59. The molecule has 0 aliphatic carbocycles. The maximum absolute atomic E-state index is 11.4. The van der Waals surface area contributed by atoms with Crippen LogP contribution in [0.15, 0.2) is 24.3 Å². The highest BCUT2D eigenvalue weighted by atomic mass is 16.5. The van der Waals surface area contributed by atoms with Crippen molar-refractivity contribution in [2.45, 2.75) is 6.42 Å². The molecule has 2 rings (SSSR count). The summed E-state index contributed by atoms with van der Waals surface area (Å²) in [6, 6.07) is 7.01. The van der Waals surface area contributed by atoms with Gasteiger partial charge in [0.2, 0.25) is 0 Å². The number of benzene rings is 1. The van der Waals surface area contributed by atoms with Gasteiger partial charge in [0.25, 0.3) is 5.91 Å². The summed E-state index contributed by atoms with van der Waals surface area (Å²) in [5.74, 6) is 6.12. The molecule has 1 heterocycles. The standard InChI is InChI=1S/C15H23N3O3/c1-20-11-12-5-6-18(10-12)7-8-21-14-4-2-3-13(9-14)15(19)17-16/h2-4,9,12H,5-8,10-11,16H2,1H3,(H,17,19). The molecule has 1 aromatic rings. The maximum atomic E-state index is 11.4. The van der Waals surface area contributed by atoms with Crippen molar-refractivity contribution in [2.75, 3.05) is 40.0 Å². The van der Waals surface area contributed by atoms with Crippen molar-refractivity contribution in [3.63, 3.8) is 0 Å². The van der Waals surface area contributed by atoms with E-state index in [-0.39, 0.29) is 5.91 Å². The number of rotatable bonds is 7. The number of hydrogen-bond acceptors (Lipinski definition) is 5. The Labute approximate surface area is 125 Å². The van der Waals surface area contributed by atoms with Crippen molar-refractivity contribution in [2.24, 2.45) is 11.8 Å². The van der Waals surface area contributed by atoms with E-state index in [0.717, 1.165) is 26.2 Å². The molecule has 6 heteroatoms. The number of amides is 1. The van der Waals surface area contributed by atoms with Crippen LogP contribution in [0.25, 0.3) is 0 Å². The Morgan fingerprint density at radius 2 is 2.38 bits per heavy atom. The van der Waals surface area contributed by atoms with Gasteiger partial charge in [-0.05, 0) is 37.1 Å². The lowest BCUT2D eigenvalue weighted by Crippen LogP contribution is -2.30. The lowest BCUT2D eigenvalue weighted by Gasteiger charge is -2.16. The molecule has 1 aromatic carbocycles. The van der Waals surface area contributed by atoms with Gasteiger partial charge in [-0.3, -0.25) is 15.1 Å². The summed E-state index contributed by atoms with van der Waals surface area (Å²) in [7, 11) is 1.75. The van der Waals surface area contributed by atoms with Crippen LogP contribution in [0.2, 0.25) is 0 Å². The van der Waals surface area contributed by atoms with Gasteiger partial charge in [-0.1, -0.05) is 6.07 Å². The minimum Gasteiger partial charge on any atom is -0.492 e. The first-order valence-electron chi connectivity index (χ1n) is 7.18. The molecule has 1 aliphatic heterocycles. The van der Waals surface area contributed by atoms with Gasteiger partial charge in [-0.15, -0.1) is 0 Å². The van der Waals surface area contributed by atoms with Crippen LogP contribution in [0.3, 0.4) is 0 Å². The number of nitrogens with zero attached hydrogens (tertiary/aromatic N) is 1. The first kappa shape index (κ1) is 15.8. The van der Waals surface area contributed by atoms with E-state index >= 15 is 0 Å². The number of carbonyl (C=O) groups excluding carboxylic acids is 1. The molecule has 1 atom stereocenters. The number of hydrogen-bond donors (Lipinski definition) is 2. The van der Waals surface area contributed by atoms with Crippen molar-refractivity contribution in [3.8, 4) is 5.75 Å². The van der Waals surface area contributed by atoms with Crippen LogP contribution < -0.4 is 16.0 Å². The average molecular weight is 293 g/mol. The second kappa shape index (κ2) is 7.97. The largest absolute Gasteiger partial charge is 0.492 e. The minimum absolute atomic E-state index is 0.317. The third kappa shape index (κ3) is 4.70. The van der Waals surface area contributed by atoms with Gasteiger partial charge >= 0.3 is 0 Å². The van der Waals surface area contributed by atoms with Gasteiger partial charge in [0.05, 0.1) is 6.61 Å². The Bertz CT molecular complexity index is 467. The zero-order valence-corrected chi connectivity index (χ0v) is 12.4. The van der Waals surface area contributed by atoms with Gasteiger partial charge in [0, 0.05) is 25.8 Å². The maximum Gasteiger partial charge on any atom is 0.265 e. The van der Waals surface area contributed by atoms with Crippen LogP contribution in [0.5, 0.6) is 5.75 Å². The molecule has 116 valence electrons. The Balaban J connectivity index is 1.75. The predicted molar refractivity (Wildman–Crippen MR) is 80.0 cm³/mol. The van der Waals surface area contributed by atoms with E-state index in [9.17, 15) is 4.79 Å².